The second-order valence-electron chi connectivity index (χ2n) is 5.70. The first-order valence-corrected chi connectivity index (χ1v) is 8.85. The summed E-state index contributed by atoms with van der Waals surface area (Å²) in [6.07, 6.45) is 0. The number of nitrogens with zero attached hydrogens (tertiary/aromatic N) is 2. The van der Waals surface area contributed by atoms with Crippen molar-refractivity contribution in [3.8, 4) is 33.9 Å². The van der Waals surface area contributed by atoms with Gasteiger partial charge in [0.2, 0.25) is 0 Å². The molecule has 4 aromatic rings. The zero-order chi connectivity index (χ0) is 17.1. The monoisotopic (exact) mass is 386 g/mol. The van der Waals surface area contributed by atoms with Crippen LogP contribution in [0.4, 0.5) is 0 Å². The van der Waals surface area contributed by atoms with Crippen LogP contribution in [0, 0.1) is 0 Å². The first-order chi connectivity index (χ1) is 12.3. The second kappa shape index (κ2) is 6.99. The van der Waals surface area contributed by atoms with Crippen LogP contribution in [-0.2, 0) is 0 Å². The van der Waals surface area contributed by atoms with Gasteiger partial charge in [0, 0.05) is 21.2 Å². The molecule has 3 heteroatoms. The van der Waals surface area contributed by atoms with Crippen molar-refractivity contribution in [2.24, 2.45) is 0 Å². The van der Waals surface area contributed by atoms with Gasteiger partial charge in [-0.05, 0) is 18.2 Å². The van der Waals surface area contributed by atoms with E-state index in [2.05, 4.69) is 40.2 Å². The summed E-state index contributed by atoms with van der Waals surface area (Å²) in [4.78, 5) is 9.61. The molecule has 0 radical (unpaired) electrons. The predicted molar refractivity (Wildman–Crippen MR) is 106 cm³/mol. The average Bonchev–Trinajstić information content (AvgIpc) is 2.69. The summed E-state index contributed by atoms with van der Waals surface area (Å²) in [7, 11) is 0. The molecule has 25 heavy (non-hydrogen) atoms. The smallest absolute Gasteiger partial charge is 0.160 e. The Balaban J connectivity index is 1.92. The maximum Gasteiger partial charge on any atom is 0.160 e. The highest BCUT2D eigenvalue weighted by Gasteiger charge is 2.10. The summed E-state index contributed by atoms with van der Waals surface area (Å²) in [5.74, 6) is 0.733. The van der Waals surface area contributed by atoms with Gasteiger partial charge < -0.3 is 0 Å². The molecule has 120 valence electrons. The normalized spacial score (nSPS) is 10.6. The highest BCUT2D eigenvalue weighted by Crippen LogP contribution is 2.28. The molecule has 0 fully saturated rings. The maximum atomic E-state index is 4.81. The zero-order valence-electron chi connectivity index (χ0n) is 13.4. The molecule has 1 aromatic heterocycles. The van der Waals surface area contributed by atoms with Crippen LogP contribution in [0.5, 0.6) is 0 Å². The fourth-order valence-corrected chi connectivity index (χ4v) is 3.12. The molecule has 0 unspecified atom stereocenters. The van der Waals surface area contributed by atoms with Gasteiger partial charge >= 0.3 is 0 Å². The Morgan fingerprint density at radius 1 is 0.520 bits per heavy atom. The van der Waals surface area contributed by atoms with Crippen molar-refractivity contribution in [1.82, 2.24) is 9.97 Å². The lowest BCUT2D eigenvalue weighted by molar-refractivity contribution is 1.18. The largest absolute Gasteiger partial charge is 0.228 e. The van der Waals surface area contributed by atoms with Crippen molar-refractivity contribution in [3.05, 3.63) is 95.5 Å². The van der Waals surface area contributed by atoms with E-state index in [1.54, 1.807) is 0 Å². The van der Waals surface area contributed by atoms with Crippen LogP contribution < -0.4 is 0 Å². The number of hydrogen-bond donors (Lipinski definition) is 0. The van der Waals surface area contributed by atoms with E-state index in [4.69, 9.17) is 9.97 Å². The molecule has 0 aliphatic carbocycles. The van der Waals surface area contributed by atoms with Crippen molar-refractivity contribution >= 4 is 15.9 Å². The molecule has 3 aromatic carbocycles. The quantitative estimate of drug-likeness (QED) is 0.416. The fraction of sp³-hybridized carbons (Fsp3) is 0. The molecule has 2 nitrogen and oxygen atoms in total. The molecule has 0 atom stereocenters. The molecule has 0 aliphatic heterocycles. The van der Waals surface area contributed by atoms with Gasteiger partial charge in [-0.3, -0.25) is 0 Å². The summed E-state index contributed by atoms with van der Waals surface area (Å²) in [6, 6.07) is 30.5. The lowest BCUT2D eigenvalue weighted by Gasteiger charge is -2.09. The lowest BCUT2D eigenvalue weighted by atomic mass is 10.1. The summed E-state index contributed by atoms with van der Waals surface area (Å²) in [5.41, 5.74) is 4.99. The van der Waals surface area contributed by atoms with Gasteiger partial charge in [0.15, 0.2) is 5.82 Å². The molecular formula is C22H15BrN2. The van der Waals surface area contributed by atoms with Crippen molar-refractivity contribution < 1.29 is 0 Å². The lowest BCUT2D eigenvalue weighted by Crippen LogP contribution is -1.95. The molecule has 1 heterocycles. The van der Waals surface area contributed by atoms with Gasteiger partial charge in [0.05, 0.1) is 11.4 Å². The fourth-order valence-electron chi connectivity index (χ4n) is 2.72. The number of rotatable bonds is 3. The molecule has 4 rings (SSSR count). The van der Waals surface area contributed by atoms with Crippen molar-refractivity contribution in [2.45, 2.75) is 0 Å². The number of benzene rings is 3. The highest BCUT2D eigenvalue weighted by atomic mass is 79.9. The molecular weight excluding hydrogens is 372 g/mol. The van der Waals surface area contributed by atoms with Crippen LogP contribution in [0.15, 0.2) is 95.5 Å². The molecule has 0 aliphatic rings. The van der Waals surface area contributed by atoms with E-state index in [-0.39, 0.29) is 0 Å². The molecule has 0 spiro atoms. The number of hydrogen-bond acceptors (Lipinski definition) is 2. The summed E-state index contributed by atoms with van der Waals surface area (Å²) in [5, 5.41) is 0. The van der Waals surface area contributed by atoms with E-state index in [9.17, 15) is 0 Å². The summed E-state index contributed by atoms with van der Waals surface area (Å²) < 4.78 is 1.03. The molecule has 0 bridgehead atoms. The highest BCUT2D eigenvalue weighted by molar-refractivity contribution is 9.10. The van der Waals surface area contributed by atoms with Crippen molar-refractivity contribution in [3.63, 3.8) is 0 Å². The zero-order valence-corrected chi connectivity index (χ0v) is 15.0. The minimum Gasteiger partial charge on any atom is -0.228 e. The van der Waals surface area contributed by atoms with E-state index < -0.39 is 0 Å². The van der Waals surface area contributed by atoms with E-state index >= 15 is 0 Å². The second-order valence-corrected chi connectivity index (χ2v) is 6.62. The standard InChI is InChI=1S/C22H15BrN2/c23-19-13-7-12-18(14-19)21-15-20(16-8-3-1-4-9-16)24-22(25-21)17-10-5-2-6-11-17/h1-15H. The van der Waals surface area contributed by atoms with Crippen molar-refractivity contribution in [2.75, 3.05) is 0 Å². The molecule has 0 amide bonds. The molecule has 0 saturated heterocycles. The van der Waals surface area contributed by atoms with Gasteiger partial charge in [-0.2, -0.15) is 0 Å². The van der Waals surface area contributed by atoms with E-state index in [0.29, 0.717) is 0 Å². The maximum absolute atomic E-state index is 4.81. The third-order valence-corrected chi connectivity index (χ3v) is 4.44. The Hall–Kier alpha value is -2.78. The van der Waals surface area contributed by atoms with Crippen LogP contribution >= 0.6 is 15.9 Å². The van der Waals surface area contributed by atoms with Crippen LogP contribution in [0.1, 0.15) is 0 Å². The third-order valence-electron chi connectivity index (χ3n) is 3.95. The predicted octanol–water partition coefficient (Wildman–Crippen LogP) is 6.24. The third kappa shape index (κ3) is 3.52. The first kappa shape index (κ1) is 15.7. The van der Waals surface area contributed by atoms with Crippen molar-refractivity contribution in [1.29, 1.82) is 0 Å². The van der Waals surface area contributed by atoms with E-state index in [1.165, 1.54) is 0 Å². The SMILES string of the molecule is Brc1cccc(-c2cc(-c3ccccc3)nc(-c3ccccc3)n2)c1. The van der Waals surface area contributed by atoms with E-state index in [0.717, 1.165) is 38.4 Å². The topological polar surface area (TPSA) is 25.8 Å². The average molecular weight is 387 g/mol. The summed E-state index contributed by atoms with van der Waals surface area (Å²) in [6.45, 7) is 0. The minimum absolute atomic E-state index is 0.733. The molecule has 0 saturated carbocycles. The van der Waals surface area contributed by atoms with Gasteiger partial charge in [0.1, 0.15) is 0 Å². The van der Waals surface area contributed by atoms with Crippen LogP contribution in [0.2, 0.25) is 0 Å². The van der Waals surface area contributed by atoms with Gasteiger partial charge in [-0.15, -0.1) is 0 Å². The van der Waals surface area contributed by atoms with Crippen LogP contribution in [-0.4, -0.2) is 9.97 Å². The van der Waals surface area contributed by atoms with Crippen LogP contribution in [0.3, 0.4) is 0 Å². The Kier molecular flexibility index (Phi) is 4.40. The van der Waals surface area contributed by atoms with E-state index in [1.807, 2.05) is 66.7 Å². The van der Waals surface area contributed by atoms with Crippen LogP contribution in [0.25, 0.3) is 33.9 Å². The van der Waals surface area contributed by atoms with Gasteiger partial charge in [0.25, 0.3) is 0 Å². The Labute approximate surface area is 155 Å². The summed E-state index contributed by atoms with van der Waals surface area (Å²) >= 11 is 3.54. The molecule has 0 N–H and O–H groups in total. The Morgan fingerprint density at radius 3 is 1.72 bits per heavy atom. The van der Waals surface area contributed by atoms with Gasteiger partial charge in [-0.25, -0.2) is 9.97 Å². The minimum atomic E-state index is 0.733. The number of halogens is 1. The first-order valence-electron chi connectivity index (χ1n) is 8.05. The Bertz CT molecular complexity index is 941. The Morgan fingerprint density at radius 2 is 1.08 bits per heavy atom. The number of aromatic nitrogens is 2. The van der Waals surface area contributed by atoms with Gasteiger partial charge in [-0.1, -0.05) is 88.7 Å².